The fraction of sp³-hybridized carbons (Fsp3) is 0.522. The van der Waals surface area contributed by atoms with Crippen molar-refractivity contribution in [3.63, 3.8) is 0 Å². The summed E-state index contributed by atoms with van der Waals surface area (Å²) < 4.78 is 36.3. The van der Waals surface area contributed by atoms with Crippen LogP contribution in [0.3, 0.4) is 0 Å². The molecule has 0 saturated carbocycles. The summed E-state index contributed by atoms with van der Waals surface area (Å²) in [7, 11) is 0. The van der Waals surface area contributed by atoms with E-state index in [2.05, 4.69) is 4.98 Å². The number of nitro groups is 1. The second kappa shape index (κ2) is 9.89. The standard InChI is InChI=1S/C23H27FN2O6/c1-16-5-6-18(26(27)28)12-19(16)17-10-20(23(13-24)14-29-15-23)25-21(11-17)30-8-9-32-22-4-2-3-7-31-22/h5-6,10-12,22H,2-4,7-9,13-15H2,1H3. The lowest BCUT2D eigenvalue weighted by molar-refractivity contribution is -0.384. The van der Waals surface area contributed by atoms with Crippen LogP contribution in [0.25, 0.3) is 11.1 Å². The fourth-order valence-corrected chi connectivity index (χ4v) is 3.85. The van der Waals surface area contributed by atoms with Crippen LogP contribution in [0.2, 0.25) is 0 Å². The Kier molecular flexibility index (Phi) is 6.98. The van der Waals surface area contributed by atoms with Gasteiger partial charge in [0.2, 0.25) is 5.88 Å². The molecule has 1 aromatic carbocycles. The van der Waals surface area contributed by atoms with Gasteiger partial charge in [0, 0.05) is 24.8 Å². The Balaban J connectivity index is 1.57. The zero-order valence-corrected chi connectivity index (χ0v) is 18.0. The number of hydrogen-bond donors (Lipinski definition) is 0. The first-order valence-corrected chi connectivity index (χ1v) is 10.8. The number of aromatic nitrogens is 1. The Bertz CT molecular complexity index is 954. The van der Waals surface area contributed by atoms with Gasteiger partial charge in [0.25, 0.3) is 5.69 Å². The van der Waals surface area contributed by atoms with E-state index in [-0.39, 0.29) is 31.8 Å². The number of ether oxygens (including phenoxy) is 4. The molecule has 2 aliphatic heterocycles. The molecule has 3 heterocycles. The summed E-state index contributed by atoms with van der Waals surface area (Å²) in [6.45, 7) is 3.01. The van der Waals surface area contributed by atoms with Crippen LogP contribution in [0.5, 0.6) is 5.88 Å². The maximum atomic E-state index is 13.9. The maximum absolute atomic E-state index is 13.9. The van der Waals surface area contributed by atoms with Crippen LogP contribution in [0.15, 0.2) is 30.3 Å². The predicted octanol–water partition coefficient (Wildman–Crippen LogP) is 4.12. The van der Waals surface area contributed by atoms with E-state index >= 15 is 0 Å². The molecule has 0 radical (unpaired) electrons. The normalized spacial score (nSPS) is 19.9. The first kappa shape index (κ1) is 22.6. The zero-order chi connectivity index (χ0) is 22.6. The Hall–Kier alpha value is -2.62. The summed E-state index contributed by atoms with van der Waals surface area (Å²) in [6.07, 6.45) is 2.78. The second-order valence-corrected chi connectivity index (χ2v) is 8.26. The molecule has 0 N–H and O–H groups in total. The van der Waals surface area contributed by atoms with E-state index in [1.807, 2.05) is 6.92 Å². The number of alkyl halides is 1. The van der Waals surface area contributed by atoms with Crippen molar-refractivity contribution >= 4 is 5.69 Å². The summed E-state index contributed by atoms with van der Waals surface area (Å²) in [5.74, 6) is 0.316. The second-order valence-electron chi connectivity index (χ2n) is 8.26. The van der Waals surface area contributed by atoms with Gasteiger partial charge in [0.05, 0.1) is 35.9 Å². The molecule has 2 saturated heterocycles. The third-order valence-electron chi connectivity index (χ3n) is 5.88. The molecule has 8 nitrogen and oxygen atoms in total. The number of nitrogens with zero attached hydrogens (tertiary/aromatic N) is 2. The highest BCUT2D eigenvalue weighted by Gasteiger charge is 2.42. The van der Waals surface area contributed by atoms with Gasteiger partial charge in [-0.05, 0) is 48.9 Å². The largest absolute Gasteiger partial charge is 0.475 e. The Morgan fingerprint density at radius 2 is 2.09 bits per heavy atom. The summed E-state index contributed by atoms with van der Waals surface area (Å²) in [6, 6.07) is 8.17. The van der Waals surface area contributed by atoms with Crippen LogP contribution in [0.4, 0.5) is 10.1 Å². The maximum Gasteiger partial charge on any atom is 0.270 e. The highest BCUT2D eigenvalue weighted by atomic mass is 19.1. The van der Waals surface area contributed by atoms with Gasteiger partial charge < -0.3 is 18.9 Å². The molecule has 172 valence electrons. The minimum atomic E-state index is -0.824. The number of rotatable bonds is 9. The molecule has 0 spiro atoms. The van der Waals surface area contributed by atoms with E-state index in [9.17, 15) is 14.5 Å². The molecule has 0 aliphatic carbocycles. The number of hydrogen-bond acceptors (Lipinski definition) is 7. The number of aryl methyl sites for hydroxylation is 1. The highest BCUT2D eigenvalue weighted by Crippen LogP contribution is 2.37. The lowest BCUT2D eigenvalue weighted by Crippen LogP contribution is -2.49. The number of non-ortho nitro benzene ring substituents is 1. The first-order chi connectivity index (χ1) is 15.5. The van der Waals surface area contributed by atoms with Crippen molar-refractivity contribution in [3.8, 4) is 17.0 Å². The molecule has 32 heavy (non-hydrogen) atoms. The van der Waals surface area contributed by atoms with E-state index in [1.165, 1.54) is 12.1 Å². The first-order valence-electron chi connectivity index (χ1n) is 10.8. The smallest absolute Gasteiger partial charge is 0.270 e. The van der Waals surface area contributed by atoms with Crippen molar-refractivity contribution in [2.45, 2.75) is 37.9 Å². The molecule has 9 heteroatoms. The number of benzene rings is 1. The average molecular weight is 446 g/mol. The van der Waals surface area contributed by atoms with Crippen molar-refractivity contribution in [2.24, 2.45) is 0 Å². The highest BCUT2D eigenvalue weighted by molar-refractivity contribution is 5.71. The monoisotopic (exact) mass is 446 g/mol. The lowest BCUT2D eigenvalue weighted by Gasteiger charge is -2.38. The van der Waals surface area contributed by atoms with Crippen LogP contribution in [0, 0.1) is 17.0 Å². The number of pyridine rings is 1. The van der Waals surface area contributed by atoms with Crippen LogP contribution in [0.1, 0.15) is 30.5 Å². The predicted molar refractivity (Wildman–Crippen MR) is 115 cm³/mol. The van der Waals surface area contributed by atoms with Crippen molar-refractivity contribution in [3.05, 3.63) is 51.7 Å². The lowest BCUT2D eigenvalue weighted by atomic mass is 9.82. The molecule has 2 aromatic rings. The van der Waals surface area contributed by atoms with Gasteiger partial charge in [-0.1, -0.05) is 6.07 Å². The minimum Gasteiger partial charge on any atom is -0.475 e. The van der Waals surface area contributed by atoms with Crippen LogP contribution >= 0.6 is 0 Å². The van der Waals surface area contributed by atoms with Gasteiger partial charge in [0.1, 0.15) is 13.3 Å². The van der Waals surface area contributed by atoms with Gasteiger partial charge >= 0.3 is 0 Å². The average Bonchev–Trinajstić information content (AvgIpc) is 2.77. The Morgan fingerprint density at radius 1 is 1.25 bits per heavy atom. The van der Waals surface area contributed by atoms with Crippen LogP contribution in [-0.4, -0.2) is 55.9 Å². The van der Waals surface area contributed by atoms with E-state index in [1.54, 1.807) is 18.2 Å². The van der Waals surface area contributed by atoms with E-state index in [4.69, 9.17) is 18.9 Å². The fourth-order valence-electron chi connectivity index (χ4n) is 3.85. The van der Waals surface area contributed by atoms with Gasteiger partial charge in [-0.25, -0.2) is 9.37 Å². The Morgan fingerprint density at radius 3 is 2.75 bits per heavy atom. The molecule has 4 rings (SSSR count). The quantitative estimate of drug-likeness (QED) is 0.325. The summed E-state index contributed by atoms with van der Waals surface area (Å²) in [5, 5.41) is 11.3. The van der Waals surface area contributed by atoms with Crippen molar-refractivity contribution in [2.75, 3.05) is 39.7 Å². The summed E-state index contributed by atoms with van der Waals surface area (Å²) in [4.78, 5) is 15.4. The van der Waals surface area contributed by atoms with Crippen LogP contribution in [-0.2, 0) is 19.6 Å². The molecule has 1 atom stereocenters. The zero-order valence-electron chi connectivity index (χ0n) is 18.0. The number of halogens is 1. The molecular formula is C23H27FN2O6. The molecule has 2 fully saturated rings. The van der Waals surface area contributed by atoms with Gasteiger partial charge in [-0.3, -0.25) is 10.1 Å². The molecule has 0 bridgehead atoms. The molecule has 1 unspecified atom stereocenters. The number of nitro benzene ring substituents is 1. The topological polar surface area (TPSA) is 93.0 Å². The van der Waals surface area contributed by atoms with Crippen molar-refractivity contribution in [1.29, 1.82) is 0 Å². The minimum absolute atomic E-state index is 0.0144. The third kappa shape index (κ3) is 4.90. The van der Waals surface area contributed by atoms with Gasteiger partial charge in [0.15, 0.2) is 6.29 Å². The SMILES string of the molecule is Cc1ccc([N+](=O)[O-])cc1-c1cc(OCCOC2CCCCO2)nc(C2(CF)COC2)c1. The van der Waals surface area contributed by atoms with Gasteiger partial charge in [-0.2, -0.15) is 0 Å². The molecular weight excluding hydrogens is 419 g/mol. The molecule has 1 aromatic heterocycles. The molecule has 0 amide bonds. The van der Waals surface area contributed by atoms with E-state index in [0.29, 0.717) is 35.9 Å². The van der Waals surface area contributed by atoms with E-state index < -0.39 is 17.0 Å². The van der Waals surface area contributed by atoms with E-state index in [0.717, 1.165) is 24.8 Å². The van der Waals surface area contributed by atoms with Crippen LogP contribution < -0.4 is 4.74 Å². The Labute approximate surface area is 185 Å². The van der Waals surface area contributed by atoms with Gasteiger partial charge in [-0.15, -0.1) is 0 Å². The summed E-state index contributed by atoms with van der Waals surface area (Å²) >= 11 is 0. The molecule has 2 aliphatic rings. The summed E-state index contributed by atoms with van der Waals surface area (Å²) in [5.41, 5.74) is 1.89. The third-order valence-corrected chi connectivity index (χ3v) is 5.88. The van der Waals surface area contributed by atoms with Crippen molar-refractivity contribution in [1.82, 2.24) is 4.98 Å². The van der Waals surface area contributed by atoms with Crippen molar-refractivity contribution < 1.29 is 28.3 Å².